The van der Waals surface area contributed by atoms with E-state index >= 15 is 0 Å². The zero-order chi connectivity index (χ0) is 7.61. The molecule has 1 aliphatic rings. The van der Waals surface area contributed by atoms with Gasteiger partial charge in [0.1, 0.15) is 0 Å². The summed E-state index contributed by atoms with van der Waals surface area (Å²) in [4.78, 5) is 0. The summed E-state index contributed by atoms with van der Waals surface area (Å²) >= 11 is 0. The second kappa shape index (κ2) is 2.62. The van der Waals surface area contributed by atoms with Gasteiger partial charge in [-0.25, -0.2) is 0 Å². The molecule has 10 heavy (non-hydrogen) atoms. The molecule has 0 aromatic heterocycles. The van der Waals surface area contributed by atoms with Crippen molar-refractivity contribution in [3.05, 3.63) is 0 Å². The number of hydrogen-bond donors (Lipinski definition) is 0. The second-order valence-corrected chi connectivity index (χ2v) is 3.74. The SMILES string of the molecule is CCCC1CC(C)(C#N)C1. The molecule has 1 saturated carbocycles. The highest BCUT2D eigenvalue weighted by atomic mass is 14.5. The zero-order valence-electron chi connectivity index (χ0n) is 6.85. The van der Waals surface area contributed by atoms with Gasteiger partial charge in [-0.2, -0.15) is 5.26 Å². The maximum Gasteiger partial charge on any atom is 0.0687 e. The highest BCUT2D eigenvalue weighted by Gasteiger charge is 2.39. The monoisotopic (exact) mass is 137 g/mol. The molecule has 1 heteroatoms. The van der Waals surface area contributed by atoms with Gasteiger partial charge in [0, 0.05) is 0 Å². The smallest absolute Gasteiger partial charge is 0.0687 e. The summed E-state index contributed by atoms with van der Waals surface area (Å²) in [5.41, 5.74) is 0.0415. The lowest BCUT2D eigenvalue weighted by Crippen LogP contribution is -2.32. The van der Waals surface area contributed by atoms with E-state index in [1.54, 1.807) is 0 Å². The molecule has 0 unspecified atom stereocenters. The summed E-state index contributed by atoms with van der Waals surface area (Å²) in [5, 5.41) is 8.68. The van der Waals surface area contributed by atoms with Gasteiger partial charge in [-0.1, -0.05) is 19.8 Å². The molecule has 1 fully saturated rings. The predicted octanol–water partition coefficient (Wildman–Crippen LogP) is 2.73. The first-order valence-electron chi connectivity index (χ1n) is 4.11. The number of nitrogens with zero attached hydrogens (tertiary/aromatic N) is 1. The fourth-order valence-electron chi connectivity index (χ4n) is 1.92. The lowest BCUT2D eigenvalue weighted by Gasteiger charge is -2.39. The van der Waals surface area contributed by atoms with Crippen LogP contribution in [0.25, 0.3) is 0 Å². The first kappa shape index (κ1) is 7.60. The van der Waals surface area contributed by atoms with Gasteiger partial charge in [-0.05, 0) is 25.7 Å². The molecule has 1 nitrogen and oxygen atoms in total. The highest BCUT2D eigenvalue weighted by molar-refractivity contribution is 5.04. The third-order valence-corrected chi connectivity index (χ3v) is 2.45. The number of nitriles is 1. The van der Waals surface area contributed by atoms with Crippen LogP contribution in [-0.4, -0.2) is 0 Å². The van der Waals surface area contributed by atoms with Crippen LogP contribution in [0.3, 0.4) is 0 Å². The van der Waals surface area contributed by atoms with Gasteiger partial charge in [-0.15, -0.1) is 0 Å². The molecule has 0 heterocycles. The fourth-order valence-corrected chi connectivity index (χ4v) is 1.92. The van der Waals surface area contributed by atoms with E-state index in [4.69, 9.17) is 5.26 Å². The summed E-state index contributed by atoms with van der Waals surface area (Å²) in [6, 6.07) is 2.37. The minimum Gasteiger partial charge on any atom is -0.198 e. The lowest BCUT2D eigenvalue weighted by atomic mass is 9.63. The van der Waals surface area contributed by atoms with Gasteiger partial charge >= 0.3 is 0 Å². The fraction of sp³-hybridized carbons (Fsp3) is 0.889. The lowest BCUT2D eigenvalue weighted by molar-refractivity contribution is 0.128. The van der Waals surface area contributed by atoms with Gasteiger partial charge in [0.25, 0.3) is 0 Å². The molecule has 56 valence electrons. The molecular weight excluding hydrogens is 122 g/mol. The minimum atomic E-state index is 0.0415. The summed E-state index contributed by atoms with van der Waals surface area (Å²) in [7, 11) is 0. The zero-order valence-corrected chi connectivity index (χ0v) is 6.85. The Morgan fingerprint density at radius 1 is 1.60 bits per heavy atom. The molecule has 0 saturated heterocycles. The predicted molar refractivity (Wildman–Crippen MR) is 41.4 cm³/mol. The van der Waals surface area contributed by atoms with Crippen LogP contribution in [0.1, 0.15) is 39.5 Å². The Hall–Kier alpha value is -0.510. The first-order valence-corrected chi connectivity index (χ1v) is 4.11. The van der Waals surface area contributed by atoms with Crippen molar-refractivity contribution in [2.24, 2.45) is 11.3 Å². The maximum absolute atomic E-state index is 8.68. The Morgan fingerprint density at radius 2 is 2.20 bits per heavy atom. The van der Waals surface area contributed by atoms with E-state index < -0.39 is 0 Å². The average Bonchev–Trinajstić information content (AvgIpc) is 1.85. The van der Waals surface area contributed by atoms with Gasteiger partial charge in [0.15, 0.2) is 0 Å². The normalized spacial score (nSPS) is 38.3. The van der Waals surface area contributed by atoms with Crippen LogP contribution in [-0.2, 0) is 0 Å². The topological polar surface area (TPSA) is 23.8 Å². The van der Waals surface area contributed by atoms with Crippen molar-refractivity contribution < 1.29 is 0 Å². The quantitative estimate of drug-likeness (QED) is 0.574. The third-order valence-electron chi connectivity index (χ3n) is 2.45. The third kappa shape index (κ3) is 1.31. The molecule has 0 radical (unpaired) electrons. The van der Waals surface area contributed by atoms with Crippen molar-refractivity contribution in [3.63, 3.8) is 0 Å². The van der Waals surface area contributed by atoms with Crippen molar-refractivity contribution in [1.29, 1.82) is 5.26 Å². The molecule has 0 aromatic carbocycles. The molecule has 1 rings (SSSR count). The van der Waals surface area contributed by atoms with E-state index in [0.717, 1.165) is 18.8 Å². The van der Waals surface area contributed by atoms with Crippen LogP contribution in [0.2, 0.25) is 0 Å². The summed E-state index contributed by atoms with van der Waals surface area (Å²) in [6.07, 6.45) is 4.86. The van der Waals surface area contributed by atoms with Crippen LogP contribution in [0.15, 0.2) is 0 Å². The first-order chi connectivity index (χ1) is 4.70. The van der Waals surface area contributed by atoms with Gasteiger partial charge < -0.3 is 0 Å². The van der Waals surface area contributed by atoms with Gasteiger partial charge in [-0.3, -0.25) is 0 Å². The number of hydrogen-bond acceptors (Lipinski definition) is 1. The molecule has 0 N–H and O–H groups in total. The van der Waals surface area contributed by atoms with Crippen molar-refractivity contribution in [1.82, 2.24) is 0 Å². The molecule has 1 aliphatic carbocycles. The minimum absolute atomic E-state index is 0.0415. The number of rotatable bonds is 2. The highest BCUT2D eigenvalue weighted by Crippen LogP contribution is 2.46. The van der Waals surface area contributed by atoms with Crippen LogP contribution < -0.4 is 0 Å². The van der Waals surface area contributed by atoms with Crippen LogP contribution >= 0.6 is 0 Å². The Balaban J connectivity index is 2.24. The largest absolute Gasteiger partial charge is 0.198 e. The Kier molecular flexibility index (Phi) is 1.99. The van der Waals surface area contributed by atoms with Crippen LogP contribution in [0.5, 0.6) is 0 Å². The van der Waals surface area contributed by atoms with Crippen molar-refractivity contribution in [3.8, 4) is 6.07 Å². The maximum atomic E-state index is 8.68. The van der Waals surface area contributed by atoms with E-state index in [9.17, 15) is 0 Å². The van der Waals surface area contributed by atoms with Crippen LogP contribution in [0.4, 0.5) is 0 Å². The van der Waals surface area contributed by atoms with Crippen molar-refractivity contribution in [2.75, 3.05) is 0 Å². The summed E-state index contributed by atoms with van der Waals surface area (Å²) in [5.74, 6) is 0.856. The van der Waals surface area contributed by atoms with E-state index in [1.165, 1.54) is 12.8 Å². The summed E-state index contributed by atoms with van der Waals surface area (Å²) < 4.78 is 0. The second-order valence-electron chi connectivity index (χ2n) is 3.74. The van der Waals surface area contributed by atoms with E-state index in [0.29, 0.717) is 0 Å². The van der Waals surface area contributed by atoms with E-state index in [1.807, 2.05) is 0 Å². The molecule has 0 aromatic rings. The standard InChI is InChI=1S/C9H15N/c1-3-4-8-5-9(2,6-8)7-10/h8H,3-6H2,1-2H3. The van der Waals surface area contributed by atoms with Gasteiger partial charge in [0.05, 0.1) is 11.5 Å². The van der Waals surface area contributed by atoms with E-state index in [-0.39, 0.29) is 5.41 Å². The van der Waals surface area contributed by atoms with Crippen molar-refractivity contribution >= 4 is 0 Å². The Morgan fingerprint density at radius 3 is 2.60 bits per heavy atom. The van der Waals surface area contributed by atoms with E-state index in [2.05, 4.69) is 19.9 Å². The summed E-state index contributed by atoms with van der Waals surface area (Å²) in [6.45, 7) is 4.28. The molecular formula is C9H15N. The Bertz CT molecular complexity index is 149. The molecule has 0 atom stereocenters. The van der Waals surface area contributed by atoms with Gasteiger partial charge in [0.2, 0.25) is 0 Å². The Labute approximate surface area is 63.0 Å². The molecule has 0 spiro atoms. The van der Waals surface area contributed by atoms with Crippen molar-refractivity contribution in [2.45, 2.75) is 39.5 Å². The van der Waals surface area contributed by atoms with Crippen LogP contribution in [0, 0.1) is 22.7 Å². The average molecular weight is 137 g/mol. The molecule has 0 bridgehead atoms. The molecule has 0 amide bonds. The molecule has 0 aliphatic heterocycles.